The molecule has 1 heterocycles. The Kier molecular flexibility index (Phi) is 2.46. The van der Waals surface area contributed by atoms with Crippen LogP contribution in [0, 0.1) is 0 Å². The van der Waals surface area contributed by atoms with Gasteiger partial charge in [0.1, 0.15) is 0 Å². The van der Waals surface area contributed by atoms with Gasteiger partial charge in [-0.1, -0.05) is 11.6 Å². The van der Waals surface area contributed by atoms with Crippen LogP contribution in [0.4, 0.5) is 5.69 Å². The third kappa shape index (κ3) is 1.50. The Morgan fingerprint density at radius 3 is 3.00 bits per heavy atom. The molecule has 0 spiro atoms. The zero-order valence-electron chi connectivity index (χ0n) is 8.09. The zero-order chi connectivity index (χ0) is 10.1. The SMILES string of the molecule is CCN1CCC(=O)c2ccc(Cl)cc21. The fraction of sp³-hybridized carbons (Fsp3) is 0.364. The Bertz CT molecular complexity index is 376. The molecule has 2 nitrogen and oxygen atoms in total. The van der Waals surface area contributed by atoms with Crippen LogP contribution in [0.25, 0.3) is 0 Å². The minimum atomic E-state index is 0.223. The summed E-state index contributed by atoms with van der Waals surface area (Å²) in [4.78, 5) is 13.8. The fourth-order valence-corrected chi connectivity index (χ4v) is 1.99. The van der Waals surface area contributed by atoms with E-state index in [1.165, 1.54) is 0 Å². The second kappa shape index (κ2) is 3.62. The minimum absolute atomic E-state index is 0.223. The van der Waals surface area contributed by atoms with Crippen LogP contribution in [-0.4, -0.2) is 18.9 Å². The van der Waals surface area contributed by atoms with E-state index in [1.54, 1.807) is 6.07 Å². The third-order valence-electron chi connectivity index (χ3n) is 2.59. The molecule has 1 aliphatic heterocycles. The monoisotopic (exact) mass is 209 g/mol. The van der Waals surface area contributed by atoms with Gasteiger partial charge < -0.3 is 4.90 Å². The molecule has 0 unspecified atom stereocenters. The molecule has 0 fully saturated rings. The number of nitrogens with zero attached hydrogens (tertiary/aromatic N) is 1. The van der Waals surface area contributed by atoms with Crippen molar-refractivity contribution in [2.24, 2.45) is 0 Å². The largest absolute Gasteiger partial charge is 0.371 e. The van der Waals surface area contributed by atoms with Crippen LogP contribution in [-0.2, 0) is 0 Å². The number of rotatable bonds is 1. The van der Waals surface area contributed by atoms with Gasteiger partial charge in [-0.25, -0.2) is 0 Å². The highest BCUT2D eigenvalue weighted by Gasteiger charge is 2.21. The smallest absolute Gasteiger partial charge is 0.166 e. The first-order chi connectivity index (χ1) is 6.72. The molecule has 0 amide bonds. The molecular weight excluding hydrogens is 198 g/mol. The first-order valence-electron chi connectivity index (χ1n) is 4.80. The highest BCUT2D eigenvalue weighted by atomic mass is 35.5. The Morgan fingerprint density at radius 2 is 2.29 bits per heavy atom. The Morgan fingerprint density at radius 1 is 1.50 bits per heavy atom. The highest BCUT2D eigenvalue weighted by Crippen LogP contribution is 2.29. The summed E-state index contributed by atoms with van der Waals surface area (Å²) >= 11 is 5.91. The van der Waals surface area contributed by atoms with E-state index in [4.69, 9.17) is 11.6 Å². The molecule has 0 aliphatic carbocycles. The van der Waals surface area contributed by atoms with Crippen LogP contribution in [0.5, 0.6) is 0 Å². The van der Waals surface area contributed by atoms with Crippen LogP contribution in [0.2, 0.25) is 5.02 Å². The number of hydrogen-bond acceptors (Lipinski definition) is 2. The van der Waals surface area contributed by atoms with Crippen LogP contribution in [0.1, 0.15) is 23.7 Å². The lowest BCUT2D eigenvalue weighted by molar-refractivity contribution is 0.0980. The molecule has 0 saturated carbocycles. The number of fused-ring (bicyclic) bond motifs is 1. The van der Waals surface area contributed by atoms with Gasteiger partial charge in [0.25, 0.3) is 0 Å². The molecule has 1 aromatic rings. The average Bonchev–Trinajstić information content (AvgIpc) is 2.18. The number of halogens is 1. The molecule has 0 radical (unpaired) electrons. The summed E-state index contributed by atoms with van der Waals surface area (Å²) in [6.07, 6.45) is 0.614. The number of anilines is 1. The first kappa shape index (κ1) is 9.53. The van der Waals surface area contributed by atoms with E-state index in [1.807, 2.05) is 12.1 Å². The van der Waals surface area contributed by atoms with Gasteiger partial charge in [-0.05, 0) is 25.1 Å². The maximum atomic E-state index is 11.6. The predicted molar refractivity (Wildman–Crippen MR) is 58.3 cm³/mol. The molecule has 1 aromatic carbocycles. The lowest BCUT2D eigenvalue weighted by atomic mass is 10.0. The fourth-order valence-electron chi connectivity index (χ4n) is 1.82. The van der Waals surface area contributed by atoms with Crippen LogP contribution < -0.4 is 4.90 Å². The zero-order valence-corrected chi connectivity index (χ0v) is 8.84. The van der Waals surface area contributed by atoms with E-state index in [9.17, 15) is 4.79 Å². The van der Waals surface area contributed by atoms with E-state index in [-0.39, 0.29) is 5.78 Å². The van der Waals surface area contributed by atoms with Gasteiger partial charge >= 0.3 is 0 Å². The molecule has 0 aromatic heterocycles. The van der Waals surface area contributed by atoms with Crippen LogP contribution in [0.3, 0.4) is 0 Å². The summed E-state index contributed by atoms with van der Waals surface area (Å²) in [7, 11) is 0. The van der Waals surface area contributed by atoms with E-state index < -0.39 is 0 Å². The number of hydrogen-bond donors (Lipinski definition) is 0. The molecule has 0 bridgehead atoms. The number of carbonyl (C=O) groups is 1. The van der Waals surface area contributed by atoms with Crippen molar-refractivity contribution in [3.8, 4) is 0 Å². The van der Waals surface area contributed by atoms with Crippen molar-refractivity contribution in [2.75, 3.05) is 18.0 Å². The number of Topliss-reactive ketones (excluding diaryl/α,β-unsaturated/α-hetero) is 1. The van der Waals surface area contributed by atoms with Crippen molar-refractivity contribution in [3.05, 3.63) is 28.8 Å². The molecule has 14 heavy (non-hydrogen) atoms. The van der Waals surface area contributed by atoms with Gasteiger partial charge in [-0.3, -0.25) is 4.79 Å². The standard InChI is InChI=1S/C11H12ClNO/c1-2-13-6-5-11(14)9-4-3-8(12)7-10(9)13/h3-4,7H,2,5-6H2,1H3. The number of carbonyl (C=O) groups excluding carboxylic acids is 1. The van der Waals surface area contributed by atoms with Crippen molar-refractivity contribution in [1.29, 1.82) is 0 Å². The van der Waals surface area contributed by atoms with Gasteiger partial charge in [0.05, 0.1) is 0 Å². The van der Waals surface area contributed by atoms with Crippen molar-refractivity contribution in [1.82, 2.24) is 0 Å². The summed E-state index contributed by atoms with van der Waals surface area (Å²) in [6, 6.07) is 5.47. The summed E-state index contributed by atoms with van der Waals surface area (Å²) < 4.78 is 0. The molecule has 2 rings (SSSR count). The summed E-state index contributed by atoms with van der Waals surface area (Å²) in [5.74, 6) is 0.223. The van der Waals surface area contributed by atoms with E-state index in [0.29, 0.717) is 11.4 Å². The molecule has 0 atom stereocenters. The second-order valence-corrected chi connectivity index (χ2v) is 3.85. The lowest BCUT2D eigenvalue weighted by Gasteiger charge is -2.29. The molecule has 0 saturated heterocycles. The van der Waals surface area contributed by atoms with Crippen molar-refractivity contribution < 1.29 is 4.79 Å². The van der Waals surface area contributed by atoms with Crippen LogP contribution in [0.15, 0.2) is 18.2 Å². The quantitative estimate of drug-likeness (QED) is 0.709. The van der Waals surface area contributed by atoms with Crippen LogP contribution >= 0.6 is 11.6 Å². The van der Waals surface area contributed by atoms with E-state index in [0.717, 1.165) is 24.3 Å². The lowest BCUT2D eigenvalue weighted by Crippen LogP contribution is -2.31. The minimum Gasteiger partial charge on any atom is -0.371 e. The second-order valence-electron chi connectivity index (χ2n) is 3.41. The summed E-state index contributed by atoms with van der Waals surface area (Å²) in [6.45, 7) is 3.81. The first-order valence-corrected chi connectivity index (χ1v) is 5.18. The molecule has 0 N–H and O–H groups in total. The average molecular weight is 210 g/mol. The predicted octanol–water partition coefficient (Wildman–Crippen LogP) is 2.75. The molecule has 3 heteroatoms. The summed E-state index contributed by atoms with van der Waals surface area (Å²) in [5, 5.41) is 0.692. The van der Waals surface area contributed by atoms with E-state index >= 15 is 0 Å². The normalized spacial score (nSPS) is 15.6. The Balaban J connectivity index is 2.51. The Labute approximate surface area is 88.5 Å². The van der Waals surface area contributed by atoms with Gasteiger partial charge in [-0.15, -0.1) is 0 Å². The topological polar surface area (TPSA) is 20.3 Å². The van der Waals surface area contributed by atoms with E-state index in [2.05, 4.69) is 11.8 Å². The third-order valence-corrected chi connectivity index (χ3v) is 2.83. The van der Waals surface area contributed by atoms with Crippen molar-refractivity contribution in [3.63, 3.8) is 0 Å². The van der Waals surface area contributed by atoms with Crippen molar-refractivity contribution >= 4 is 23.1 Å². The molecular formula is C11H12ClNO. The highest BCUT2D eigenvalue weighted by molar-refractivity contribution is 6.31. The number of ketones is 1. The Hall–Kier alpha value is -1.02. The van der Waals surface area contributed by atoms with Gasteiger partial charge in [-0.2, -0.15) is 0 Å². The van der Waals surface area contributed by atoms with Gasteiger partial charge in [0, 0.05) is 35.8 Å². The maximum Gasteiger partial charge on any atom is 0.166 e. The molecule has 1 aliphatic rings. The van der Waals surface area contributed by atoms with Gasteiger partial charge in [0.15, 0.2) is 5.78 Å². The number of benzene rings is 1. The summed E-state index contributed by atoms with van der Waals surface area (Å²) in [5.41, 5.74) is 1.79. The van der Waals surface area contributed by atoms with Crippen molar-refractivity contribution in [2.45, 2.75) is 13.3 Å². The molecule has 74 valence electrons. The maximum absolute atomic E-state index is 11.6. The van der Waals surface area contributed by atoms with Gasteiger partial charge in [0.2, 0.25) is 0 Å².